The van der Waals surface area contributed by atoms with E-state index in [1.807, 2.05) is 0 Å². The third kappa shape index (κ3) is 6.18. The number of hydrogen-bond donors (Lipinski definition) is 0. The van der Waals surface area contributed by atoms with Crippen molar-refractivity contribution < 1.29 is 4.42 Å². The highest BCUT2D eigenvalue weighted by atomic mass is 16.3. The quantitative estimate of drug-likeness (QED) is 0.161. The van der Waals surface area contributed by atoms with Gasteiger partial charge in [0, 0.05) is 60.9 Å². The van der Waals surface area contributed by atoms with E-state index in [1.165, 1.54) is 111 Å². The first kappa shape index (κ1) is 47.2. The summed E-state index contributed by atoms with van der Waals surface area (Å²) in [5.74, 6) is 0. The van der Waals surface area contributed by atoms with Crippen molar-refractivity contribution in [3.63, 3.8) is 0 Å². The summed E-state index contributed by atoms with van der Waals surface area (Å²) in [5, 5.41) is 3.44. The lowest BCUT2D eigenvalue weighted by atomic mass is 9.43. The number of aromatic nitrogens is 1. The molecule has 5 heteroatoms. The first-order valence-corrected chi connectivity index (χ1v) is 28.6. The Hall–Kier alpha value is -8.80. The van der Waals surface area contributed by atoms with Crippen LogP contribution in [0.25, 0.3) is 66.4 Å². The van der Waals surface area contributed by atoms with Gasteiger partial charge in [0.2, 0.25) is 0 Å². The van der Waals surface area contributed by atoms with Crippen LogP contribution in [0.3, 0.4) is 0 Å². The molecule has 0 fully saturated rings. The van der Waals surface area contributed by atoms with Gasteiger partial charge in [-0.05, 0) is 138 Å². The summed E-state index contributed by atoms with van der Waals surface area (Å²) in [5.41, 5.74) is 28.6. The zero-order chi connectivity index (χ0) is 54.4. The van der Waals surface area contributed by atoms with Crippen LogP contribution in [0.1, 0.15) is 101 Å². The SMILES string of the molecule is CC(C)(C)c1ccc(N2c3cc4c(cc3B3c5c2cc2c(c5-c5ccc(N(c6ccccc6)c6ccccc6)c6c7c8ccccc8oc7n3c56)-c3ccccc3C2(C)C)C(C)(C)c2ccccc2C4(C)C)c(-c2ccccc2)c1. The van der Waals surface area contributed by atoms with Crippen LogP contribution in [0, 0.1) is 0 Å². The molecule has 0 unspecified atom stereocenters. The maximum Gasteiger partial charge on any atom is 0.336 e. The summed E-state index contributed by atoms with van der Waals surface area (Å²) < 4.78 is 10.2. The van der Waals surface area contributed by atoms with Gasteiger partial charge in [-0.3, -0.25) is 0 Å². The molecule has 4 heterocycles. The van der Waals surface area contributed by atoms with Crippen LogP contribution in [-0.4, -0.2) is 11.3 Å². The highest BCUT2D eigenvalue weighted by molar-refractivity contribution is 6.90. The molecule has 0 saturated heterocycles. The fourth-order valence-corrected chi connectivity index (χ4v) is 15.2. The number of rotatable bonds is 5. The zero-order valence-corrected chi connectivity index (χ0v) is 47.0. The molecule has 2 aromatic heterocycles. The molecule has 12 aromatic rings. The average Bonchev–Trinajstić information content (AvgIpc) is 4.05. The molecule has 10 aromatic carbocycles. The topological polar surface area (TPSA) is 24.6 Å². The molecule has 4 aliphatic rings. The molecule has 0 N–H and O–H groups in total. The Morgan fingerprint density at radius 2 is 1.02 bits per heavy atom. The molecule has 16 rings (SSSR count). The zero-order valence-electron chi connectivity index (χ0n) is 47.0. The van der Waals surface area contributed by atoms with Crippen LogP contribution >= 0.6 is 0 Å². The Kier molecular flexibility index (Phi) is 9.54. The molecule has 4 nitrogen and oxygen atoms in total. The lowest BCUT2D eigenvalue weighted by Crippen LogP contribution is -2.57. The summed E-state index contributed by atoms with van der Waals surface area (Å²) in [6.07, 6.45) is 0. The predicted octanol–water partition coefficient (Wildman–Crippen LogP) is 18.7. The molecule has 386 valence electrons. The number of hydrogen-bond acceptors (Lipinski definition) is 3. The Morgan fingerprint density at radius 1 is 0.450 bits per heavy atom. The third-order valence-electron chi connectivity index (χ3n) is 19.2. The highest BCUT2D eigenvalue weighted by Gasteiger charge is 2.51. The maximum absolute atomic E-state index is 7.50. The van der Waals surface area contributed by atoms with E-state index in [-0.39, 0.29) is 28.5 Å². The van der Waals surface area contributed by atoms with E-state index in [1.54, 1.807) is 0 Å². The summed E-state index contributed by atoms with van der Waals surface area (Å²) in [6.45, 7) is 21.4. The largest absolute Gasteiger partial charge is 0.441 e. The Labute approximate surface area is 469 Å². The van der Waals surface area contributed by atoms with Crippen molar-refractivity contribution >= 4 is 84.9 Å². The van der Waals surface area contributed by atoms with Gasteiger partial charge in [0.05, 0.1) is 22.3 Å². The number of fused-ring (bicyclic) bond motifs is 15. The van der Waals surface area contributed by atoms with Gasteiger partial charge in [-0.2, -0.15) is 0 Å². The predicted molar refractivity (Wildman–Crippen MR) is 337 cm³/mol. The molecule has 0 atom stereocenters. The lowest BCUT2D eigenvalue weighted by molar-refractivity contribution is 0.521. The minimum Gasteiger partial charge on any atom is -0.441 e. The summed E-state index contributed by atoms with van der Waals surface area (Å²) in [6, 6.07) is 80.1. The average molecular weight is 1030 g/mol. The fraction of sp³-hybridized carbons (Fsp3) is 0.173. The van der Waals surface area contributed by atoms with Crippen LogP contribution < -0.4 is 20.7 Å². The fourth-order valence-electron chi connectivity index (χ4n) is 15.2. The molecule has 0 amide bonds. The van der Waals surface area contributed by atoms with Crippen molar-refractivity contribution in [3.05, 3.63) is 251 Å². The van der Waals surface area contributed by atoms with Crippen molar-refractivity contribution in [1.82, 2.24) is 4.48 Å². The lowest BCUT2D eigenvalue weighted by Gasteiger charge is -2.47. The molecular formula is C75H62BN3O. The Morgan fingerprint density at radius 3 is 1.70 bits per heavy atom. The second-order valence-corrected chi connectivity index (χ2v) is 25.6. The van der Waals surface area contributed by atoms with Gasteiger partial charge in [0.15, 0.2) is 5.71 Å². The monoisotopic (exact) mass is 1030 g/mol. The van der Waals surface area contributed by atoms with Crippen LogP contribution in [0.15, 0.2) is 217 Å². The van der Waals surface area contributed by atoms with E-state index in [0.29, 0.717) is 0 Å². The van der Waals surface area contributed by atoms with E-state index < -0.39 is 0 Å². The Balaban J connectivity index is 1.12. The van der Waals surface area contributed by atoms with E-state index in [2.05, 4.69) is 289 Å². The second-order valence-electron chi connectivity index (χ2n) is 25.6. The molecule has 80 heavy (non-hydrogen) atoms. The normalized spacial score (nSPS) is 15.6. The van der Waals surface area contributed by atoms with Gasteiger partial charge in [-0.25, -0.2) is 0 Å². The van der Waals surface area contributed by atoms with Crippen LogP contribution in [-0.2, 0) is 21.7 Å². The summed E-state index contributed by atoms with van der Waals surface area (Å²) >= 11 is 0. The minimum atomic E-state index is -0.304. The molecule has 0 saturated carbocycles. The molecule has 2 aliphatic heterocycles. The smallest absolute Gasteiger partial charge is 0.336 e. The van der Waals surface area contributed by atoms with E-state index in [9.17, 15) is 0 Å². The summed E-state index contributed by atoms with van der Waals surface area (Å²) in [4.78, 5) is 5.16. The molecule has 0 radical (unpaired) electrons. The van der Waals surface area contributed by atoms with Crippen molar-refractivity contribution in [1.29, 1.82) is 0 Å². The first-order valence-electron chi connectivity index (χ1n) is 28.6. The van der Waals surface area contributed by atoms with E-state index >= 15 is 0 Å². The number of anilines is 6. The van der Waals surface area contributed by atoms with Crippen molar-refractivity contribution in [2.75, 3.05) is 9.80 Å². The molecule has 0 bridgehead atoms. The van der Waals surface area contributed by atoms with Crippen molar-refractivity contribution in [2.24, 2.45) is 0 Å². The number of para-hydroxylation sites is 3. The minimum absolute atomic E-state index is 0.0749. The van der Waals surface area contributed by atoms with Gasteiger partial charge in [-0.1, -0.05) is 214 Å². The van der Waals surface area contributed by atoms with Crippen LogP contribution in [0.2, 0.25) is 0 Å². The first-order chi connectivity index (χ1) is 38.6. The molecule has 2 aliphatic carbocycles. The highest BCUT2D eigenvalue weighted by Crippen LogP contribution is 2.60. The number of nitrogens with zero attached hydrogens (tertiary/aromatic N) is 3. The van der Waals surface area contributed by atoms with Gasteiger partial charge in [0.1, 0.15) is 5.58 Å². The standard InChI is InChI=1S/C75H62BN3O/c1-72(2,3)46-37-39-60(52(41-46)45-25-13-10-14-26-45)78-62-43-57-56(74(6,7)54-34-22-23-35-55(54)75(57,8)9)42-59(62)76-69-63(78)44-58-65(49-31-19-21-33-53(49)73(58,4)5)66(69)51-38-40-61(77(47-27-15-11-16-28-47)48-29-17-12-18-30-48)68-67-50-32-20-24-36-64(50)80-71(67)79(76)70(51)68/h10-44H,1-9H3. The third-order valence-corrected chi connectivity index (χ3v) is 19.2. The van der Waals surface area contributed by atoms with Crippen molar-refractivity contribution in [2.45, 2.75) is 84.0 Å². The number of furan rings is 1. The van der Waals surface area contributed by atoms with Crippen LogP contribution in [0.4, 0.5) is 34.1 Å². The molecule has 0 spiro atoms. The van der Waals surface area contributed by atoms with Crippen LogP contribution in [0.5, 0.6) is 0 Å². The van der Waals surface area contributed by atoms with Gasteiger partial charge in [-0.15, -0.1) is 0 Å². The molecular weight excluding hydrogens is 970 g/mol. The second kappa shape index (κ2) is 16.2. The maximum atomic E-state index is 7.50. The number of benzene rings is 10. The van der Waals surface area contributed by atoms with E-state index in [0.717, 1.165) is 39.1 Å². The Bertz CT molecular complexity index is 4570. The van der Waals surface area contributed by atoms with Gasteiger partial charge in [0.25, 0.3) is 0 Å². The van der Waals surface area contributed by atoms with E-state index in [4.69, 9.17) is 4.42 Å². The summed E-state index contributed by atoms with van der Waals surface area (Å²) in [7, 11) is 0. The van der Waals surface area contributed by atoms with Gasteiger partial charge >= 0.3 is 6.85 Å². The van der Waals surface area contributed by atoms with Crippen molar-refractivity contribution in [3.8, 4) is 33.4 Å². The van der Waals surface area contributed by atoms with Gasteiger partial charge < -0.3 is 18.7 Å².